The first-order chi connectivity index (χ1) is 11.6. The third-order valence-electron chi connectivity index (χ3n) is 4.26. The van der Waals surface area contributed by atoms with E-state index in [0.717, 1.165) is 24.1 Å². The van der Waals surface area contributed by atoms with Crippen LogP contribution in [0.15, 0.2) is 30.5 Å². The molecule has 0 spiro atoms. The Bertz CT molecular complexity index is 729. The highest BCUT2D eigenvalue weighted by Crippen LogP contribution is 2.21. The van der Waals surface area contributed by atoms with Crippen molar-refractivity contribution in [3.05, 3.63) is 46.7 Å². The SMILES string of the molecule is Cc1cc(Cl)ccc1NC(=O)c1ccnc(NC2CCCCC2)n1. The van der Waals surface area contributed by atoms with Crippen LogP contribution in [0.3, 0.4) is 0 Å². The Morgan fingerprint density at radius 1 is 1.21 bits per heavy atom. The highest BCUT2D eigenvalue weighted by atomic mass is 35.5. The lowest BCUT2D eigenvalue weighted by atomic mass is 9.96. The van der Waals surface area contributed by atoms with Gasteiger partial charge in [0, 0.05) is 22.9 Å². The van der Waals surface area contributed by atoms with Crippen LogP contribution >= 0.6 is 11.6 Å². The third kappa shape index (κ3) is 4.23. The number of nitrogens with one attached hydrogen (secondary N) is 2. The van der Waals surface area contributed by atoms with E-state index in [-0.39, 0.29) is 5.91 Å². The number of aromatic nitrogens is 2. The number of amides is 1. The summed E-state index contributed by atoms with van der Waals surface area (Å²) in [5.41, 5.74) is 1.98. The van der Waals surface area contributed by atoms with Crippen LogP contribution in [-0.4, -0.2) is 21.9 Å². The molecule has 1 fully saturated rings. The average Bonchev–Trinajstić information content (AvgIpc) is 2.58. The van der Waals surface area contributed by atoms with Gasteiger partial charge in [0.05, 0.1) is 0 Å². The van der Waals surface area contributed by atoms with Gasteiger partial charge in [-0.25, -0.2) is 9.97 Å². The van der Waals surface area contributed by atoms with E-state index < -0.39 is 0 Å². The Morgan fingerprint density at radius 2 is 2.00 bits per heavy atom. The lowest BCUT2D eigenvalue weighted by Gasteiger charge is -2.22. The molecule has 24 heavy (non-hydrogen) atoms. The zero-order valence-electron chi connectivity index (χ0n) is 13.7. The minimum absolute atomic E-state index is 0.255. The molecule has 6 heteroatoms. The zero-order valence-corrected chi connectivity index (χ0v) is 14.4. The number of carbonyl (C=O) groups is 1. The first-order valence-corrected chi connectivity index (χ1v) is 8.67. The van der Waals surface area contributed by atoms with E-state index in [9.17, 15) is 4.79 Å². The van der Waals surface area contributed by atoms with Gasteiger partial charge < -0.3 is 10.6 Å². The van der Waals surface area contributed by atoms with E-state index in [1.807, 2.05) is 13.0 Å². The largest absolute Gasteiger partial charge is 0.351 e. The Morgan fingerprint density at radius 3 is 2.75 bits per heavy atom. The molecule has 0 saturated heterocycles. The van der Waals surface area contributed by atoms with Crippen LogP contribution in [0.4, 0.5) is 11.6 Å². The summed E-state index contributed by atoms with van der Waals surface area (Å²) in [6.07, 6.45) is 7.62. The Hall–Kier alpha value is -2.14. The minimum atomic E-state index is -0.255. The van der Waals surface area contributed by atoms with Crippen molar-refractivity contribution in [2.45, 2.75) is 45.1 Å². The van der Waals surface area contributed by atoms with Crippen LogP contribution in [0.25, 0.3) is 0 Å². The van der Waals surface area contributed by atoms with Crippen molar-refractivity contribution in [3.63, 3.8) is 0 Å². The second-order valence-corrected chi connectivity index (χ2v) is 6.59. The second kappa shape index (κ2) is 7.62. The predicted octanol–water partition coefficient (Wildman–Crippen LogP) is 4.44. The molecule has 3 rings (SSSR count). The monoisotopic (exact) mass is 344 g/mol. The molecule has 0 atom stereocenters. The summed E-state index contributed by atoms with van der Waals surface area (Å²) >= 11 is 5.94. The van der Waals surface area contributed by atoms with Crippen molar-refractivity contribution in [1.29, 1.82) is 0 Å². The number of nitrogens with zero attached hydrogens (tertiary/aromatic N) is 2. The van der Waals surface area contributed by atoms with Crippen molar-refractivity contribution < 1.29 is 4.79 Å². The second-order valence-electron chi connectivity index (χ2n) is 6.16. The standard InChI is InChI=1S/C18H21ClN4O/c1-12-11-13(19)7-8-15(12)22-17(24)16-9-10-20-18(23-16)21-14-5-3-2-4-6-14/h7-11,14H,2-6H2,1H3,(H,22,24)(H,20,21,23). The average molecular weight is 345 g/mol. The molecule has 0 unspecified atom stereocenters. The molecule has 1 heterocycles. The van der Waals surface area contributed by atoms with Gasteiger partial charge in [0.25, 0.3) is 5.91 Å². The van der Waals surface area contributed by atoms with Crippen LogP contribution in [0, 0.1) is 6.92 Å². The van der Waals surface area contributed by atoms with E-state index >= 15 is 0 Å². The van der Waals surface area contributed by atoms with Crippen LogP contribution < -0.4 is 10.6 Å². The number of benzene rings is 1. The van der Waals surface area contributed by atoms with Gasteiger partial charge in [-0.15, -0.1) is 0 Å². The van der Waals surface area contributed by atoms with Gasteiger partial charge in [-0.2, -0.15) is 0 Å². The molecule has 5 nitrogen and oxygen atoms in total. The predicted molar refractivity (Wildman–Crippen MR) is 96.7 cm³/mol. The van der Waals surface area contributed by atoms with Gasteiger partial charge in [0.1, 0.15) is 5.69 Å². The lowest BCUT2D eigenvalue weighted by Crippen LogP contribution is -2.24. The van der Waals surface area contributed by atoms with Crippen LogP contribution in [0.1, 0.15) is 48.2 Å². The normalized spacial score (nSPS) is 15.1. The summed E-state index contributed by atoms with van der Waals surface area (Å²) in [5, 5.41) is 6.85. The summed E-state index contributed by atoms with van der Waals surface area (Å²) in [7, 11) is 0. The number of anilines is 2. The highest BCUT2D eigenvalue weighted by Gasteiger charge is 2.15. The summed E-state index contributed by atoms with van der Waals surface area (Å²) in [4.78, 5) is 21.0. The first kappa shape index (κ1) is 16.7. The topological polar surface area (TPSA) is 66.9 Å². The van der Waals surface area contributed by atoms with Crippen LogP contribution in [0.2, 0.25) is 5.02 Å². The molecule has 1 saturated carbocycles. The molecule has 1 aromatic carbocycles. The molecule has 2 N–H and O–H groups in total. The lowest BCUT2D eigenvalue weighted by molar-refractivity contribution is 0.102. The summed E-state index contributed by atoms with van der Waals surface area (Å²) < 4.78 is 0. The number of aryl methyl sites for hydroxylation is 1. The van der Waals surface area contributed by atoms with Crippen molar-refractivity contribution in [2.75, 3.05) is 10.6 Å². The van der Waals surface area contributed by atoms with E-state index in [4.69, 9.17) is 11.6 Å². The fourth-order valence-corrected chi connectivity index (χ4v) is 3.16. The van der Waals surface area contributed by atoms with Gasteiger partial charge in [-0.1, -0.05) is 30.9 Å². The van der Waals surface area contributed by atoms with Gasteiger partial charge in [0.15, 0.2) is 0 Å². The molecule has 1 aliphatic rings. The molecule has 2 aromatic rings. The van der Waals surface area contributed by atoms with Crippen LogP contribution in [-0.2, 0) is 0 Å². The van der Waals surface area contributed by atoms with Gasteiger partial charge in [0.2, 0.25) is 5.95 Å². The fraction of sp³-hybridized carbons (Fsp3) is 0.389. The Kier molecular flexibility index (Phi) is 5.30. The molecule has 1 aliphatic carbocycles. The molecule has 126 valence electrons. The molecule has 1 amide bonds. The van der Waals surface area contributed by atoms with Crippen molar-refractivity contribution in [2.24, 2.45) is 0 Å². The van der Waals surface area contributed by atoms with Crippen molar-refractivity contribution in [3.8, 4) is 0 Å². The zero-order chi connectivity index (χ0) is 16.9. The third-order valence-corrected chi connectivity index (χ3v) is 4.50. The maximum Gasteiger partial charge on any atom is 0.274 e. The number of hydrogen-bond acceptors (Lipinski definition) is 4. The van der Waals surface area contributed by atoms with E-state index in [1.54, 1.807) is 24.4 Å². The summed E-state index contributed by atoms with van der Waals surface area (Å²) in [5.74, 6) is 0.261. The molecular formula is C18H21ClN4O. The summed E-state index contributed by atoms with van der Waals surface area (Å²) in [6.45, 7) is 1.90. The molecule has 0 aliphatic heterocycles. The minimum Gasteiger partial charge on any atom is -0.351 e. The Labute approximate surface area is 146 Å². The molecule has 1 aromatic heterocycles. The molecule has 0 bridgehead atoms. The number of hydrogen-bond donors (Lipinski definition) is 2. The van der Waals surface area contributed by atoms with E-state index in [1.165, 1.54) is 19.3 Å². The van der Waals surface area contributed by atoms with Gasteiger partial charge >= 0.3 is 0 Å². The first-order valence-electron chi connectivity index (χ1n) is 8.29. The molecular weight excluding hydrogens is 324 g/mol. The van der Waals surface area contributed by atoms with Crippen molar-refractivity contribution >= 4 is 29.1 Å². The number of carbonyl (C=O) groups excluding carboxylic acids is 1. The highest BCUT2D eigenvalue weighted by molar-refractivity contribution is 6.30. The smallest absolute Gasteiger partial charge is 0.274 e. The Balaban J connectivity index is 1.69. The molecule has 0 radical (unpaired) electrons. The summed E-state index contributed by atoms with van der Waals surface area (Å²) in [6, 6.07) is 7.37. The number of rotatable bonds is 4. The van der Waals surface area contributed by atoms with Gasteiger partial charge in [-0.05, 0) is 49.6 Å². The maximum absolute atomic E-state index is 12.4. The number of halogens is 1. The van der Waals surface area contributed by atoms with Crippen molar-refractivity contribution in [1.82, 2.24) is 9.97 Å². The quantitative estimate of drug-likeness (QED) is 0.860. The fourth-order valence-electron chi connectivity index (χ4n) is 2.94. The van der Waals surface area contributed by atoms with Gasteiger partial charge in [-0.3, -0.25) is 4.79 Å². The van der Waals surface area contributed by atoms with E-state index in [0.29, 0.717) is 22.7 Å². The van der Waals surface area contributed by atoms with Crippen LogP contribution in [0.5, 0.6) is 0 Å². The maximum atomic E-state index is 12.4. The van der Waals surface area contributed by atoms with E-state index in [2.05, 4.69) is 20.6 Å².